The van der Waals surface area contributed by atoms with Crippen LogP contribution in [0.5, 0.6) is 0 Å². The van der Waals surface area contributed by atoms with Gasteiger partial charge in [-0.05, 0) is 49.1 Å². The van der Waals surface area contributed by atoms with Crippen molar-refractivity contribution in [2.24, 2.45) is 7.05 Å². The summed E-state index contributed by atoms with van der Waals surface area (Å²) in [6.45, 7) is 8.51. The first kappa shape index (κ1) is 16.7. The van der Waals surface area contributed by atoms with E-state index >= 15 is 0 Å². The molecule has 0 amide bonds. The van der Waals surface area contributed by atoms with Crippen LogP contribution >= 0.6 is 0 Å². The van der Waals surface area contributed by atoms with Gasteiger partial charge in [-0.3, -0.25) is 0 Å². The second-order valence-electron chi connectivity index (χ2n) is 7.29. The summed E-state index contributed by atoms with van der Waals surface area (Å²) in [5.74, 6) is -0.0629. The van der Waals surface area contributed by atoms with E-state index < -0.39 is 5.95 Å². The average molecular weight is 349 g/mol. The maximum atomic E-state index is 13.6. The Hall–Kier alpha value is -2.75. The van der Waals surface area contributed by atoms with Gasteiger partial charge in [-0.25, -0.2) is 4.57 Å². The number of hydrogen-bond acceptors (Lipinski definition) is 2. The molecule has 4 rings (SSSR count). The number of aromatic nitrogens is 2. The van der Waals surface area contributed by atoms with Crippen molar-refractivity contribution in [3.05, 3.63) is 59.2 Å². The van der Waals surface area contributed by atoms with Crippen molar-refractivity contribution < 1.29 is 13.4 Å². The minimum absolute atomic E-state index is 0.344. The highest BCUT2D eigenvalue weighted by Gasteiger charge is 2.23. The maximum Gasteiger partial charge on any atom is 0.229 e. The van der Waals surface area contributed by atoms with Crippen LogP contribution in [0.2, 0.25) is 0 Å². The molecule has 0 atom stereocenters. The van der Waals surface area contributed by atoms with Gasteiger partial charge < -0.3 is 4.42 Å². The lowest BCUT2D eigenvalue weighted by Crippen LogP contribution is -2.31. The monoisotopic (exact) mass is 349 g/mol. The molecule has 0 aliphatic carbocycles. The zero-order chi connectivity index (χ0) is 18.6. The Kier molecular flexibility index (Phi) is 3.79. The van der Waals surface area contributed by atoms with Gasteiger partial charge in [0.05, 0.1) is 5.56 Å². The lowest BCUT2D eigenvalue weighted by molar-refractivity contribution is -0.660. The predicted molar refractivity (Wildman–Crippen MR) is 102 cm³/mol. The molecule has 4 heteroatoms. The molecule has 4 aromatic rings. The van der Waals surface area contributed by atoms with E-state index in [1.165, 1.54) is 11.6 Å². The Morgan fingerprint density at radius 2 is 1.85 bits per heavy atom. The van der Waals surface area contributed by atoms with Crippen LogP contribution in [0.3, 0.4) is 0 Å². The first-order chi connectivity index (χ1) is 12.4. The standard InChI is InChI=1S/C22H22FN2O/c1-12(2)15-6-8-17(25(5)11-15)20-14(4)10-13(3)19-16-7-9-18(23)24-22(16)26-21(19)20/h6-12H,1-5H3/q+1. The minimum Gasteiger partial charge on any atom is -0.437 e. The van der Waals surface area contributed by atoms with Crippen LogP contribution in [0.15, 0.2) is 40.9 Å². The molecule has 3 heterocycles. The smallest absolute Gasteiger partial charge is 0.229 e. The van der Waals surface area contributed by atoms with Gasteiger partial charge in [0.25, 0.3) is 0 Å². The quantitative estimate of drug-likeness (QED) is 0.360. The third-order valence-corrected chi connectivity index (χ3v) is 5.05. The fourth-order valence-electron chi connectivity index (χ4n) is 3.72. The van der Waals surface area contributed by atoms with E-state index in [9.17, 15) is 4.39 Å². The SMILES string of the molecule is Cc1cc(C)c2c(oc3nc(F)ccc32)c1-c1ccc(C(C)C)c[n+]1C. The second kappa shape index (κ2) is 5.90. The molecule has 0 aliphatic heterocycles. The van der Waals surface area contributed by atoms with Gasteiger partial charge >= 0.3 is 0 Å². The Bertz CT molecular complexity index is 1160. The Labute approximate surface area is 152 Å². The van der Waals surface area contributed by atoms with Crippen LogP contribution in [0.1, 0.15) is 36.5 Å². The minimum atomic E-state index is -0.528. The lowest BCUT2D eigenvalue weighted by Gasteiger charge is -2.09. The van der Waals surface area contributed by atoms with E-state index in [1.807, 2.05) is 7.05 Å². The number of aryl methyl sites for hydroxylation is 3. The fourth-order valence-corrected chi connectivity index (χ4v) is 3.72. The van der Waals surface area contributed by atoms with Gasteiger partial charge in [-0.15, -0.1) is 0 Å². The summed E-state index contributed by atoms with van der Waals surface area (Å²) in [5.41, 5.74) is 6.72. The van der Waals surface area contributed by atoms with Gasteiger partial charge in [-0.1, -0.05) is 19.9 Å². The molecule has 0 saturated carbocycles. The van der Waals surface area contributed by atoms with Crippen molar-refractivity contribution in [1.82, 2.24) is 4.98 Å². The second-order valence-corrected chi connectivity index (χ2v) is 7.29. The zero-order valence-corrected chi connectivity index (χ0v) is 15.7. The van der Waals surface area contributed by atoms with Gasteiger partial charge in [0.15, 0.2) is 11.8 Å². The molecule has 132 valence electrons. The first-order valence-corrected chi connectivity index (χ1v) is 8.85. The molecule has 3 aromatic heterocycles. The van der Waals surface area contributed by atoms with E-state index in [2.05, 4.69) is 61.6 Å². The van der Waals surface area contributed by atoms with Crippen LogP contribution in [0.25, 0.3) is 33.3 Å². The number of hydrogen-bond donors (Lipinski definition) is 0. The number of halogens is 1. The summed E-state index contributed by atoms with van der Waals surface area (Å²) < 4.78 is 21.8. The van der Waals surface area contributed by atoms with Crippen molar-refractivity contribution in [3.8, 4) is 11.3 Å². The number of fused-ring (bicyclic) bond motifs is 3. The normalized spacial score (nSPS) is 11.8. The van der Waals surface area contributed by atoms with Crippen molar-refractivity contribution in [1.29, 1.82) is 0 Å². The van der Waals surface area contributed by atoms with Crippen molar-refractivity contribution in [2.75, 3.05) is 0 Å². The summed E-state index contributed by atoms with van der Waals surface area (Å²) in [4.78, 5) is 3.94. The number of nitrogens with zero attached hydrogens (tertiary/aromatic N) is 2. The first-order valence-electron chi connectivity index (χ1n) is 8.85. The Morgan fingerprint density at radius 3 is 2.54 bits per heavy atom. The van der Waals surface area contributed by atoms with E-state index in [-0.39, 0.29) is 0 Å². The van der Waals surface area contributed by atoms with Gasteiger partial charge in [0, 0.05) is 22.4 Å². The topological polar surface area (TPSA) is 29.9 Å². The van der Waals surface area contributed by atoms with Gasteiger partial charge in [0.1, 0.15) is 7.05 Å². The summed E-state index contributed by atoms with van der Waals surface area (Å²) >= 11 is 0. The highest BCUT2D eigenvalue weighted by molar-refractivity contribution is 6.10. The molecule has 0 fully saturated rings. The van der Waals surface area contributed by atoms with Crippen LogP contribution < -0.4 is 4.57 Å². The maximum absolute atomic E-state index is 13.6. The van der Waals surface area contributed by atoms with Crippen LogP contribution in [-0.2, 0) is 7.05 Å². The summed E-state index contributed by atoms with van der Waals surface area (Å²) in [6, 6.07) is 9.58. The number of benzene rings is 1. The zero-order valence-electron chi connectivity index (χ0n) is 15.7. The van der Waals surface area contributed by atoms with E-state index in [0.29, 0.717) is 11.6 Å². The molecular weight excluding hydrogens is 327 g/mol. The highest BCUT2D eigenvalue weighted by atomic mass is 19.1. The molecule has 1 aromatic carbocycles. The summed E-state index contributed by atoms with van der Waals surface area (Å²) in [5, 5.41) is 1.85. The van der Waals surface area contributed by atoms with Crippen LogP contribution in [0.4, 0.5) is 4.39 Å². The molecule has 0 spiro atoms. The lowest BCUT2D eigenvalue weighted by atomic mass is 9.96. The van der Waals surface area contributed by atoms with Crippen LogP contribution in [0, 0.1) is 19.8 Å². The highest BCUT2D eigenvalue weighted by Crippen LogP contribution is 2.38. The Balaban J connectivity index is 2.08. The van der Waals surface area contributed by atoms with Crippen LogP contribution in [-0.4, -0.2) is 4.98 Å². The van der Waals surface area contributed by atoms with Gasteiger partial charge in [-0.2, -0.15) is 9.37 Å². The summed E-state index contributed by atoms with van der Waals surface area (Å²) in [6.07, 6.45) is 2.16. The van der Waals surface area contributed by atoms with Gasteiger partial charge in [0.2, 0.25) is 17.4 Å². The molecule has 0 saturated heterocycles. The predicted octanol–water partition coefficient (Wildman–Crippen LogP) is 5.35. The van der Waals surface area contributed by atoms with Crippen molar-refractivity contribution >= 4 is 22.1 Å². The average Bonchev–Trinajstić information content (AvgIpc) is 2.94. The molecule has 3 nitrogen and oxygen atoms in total. The molecule has 26 heavy (non-hydrogen) atoms. The number of furan rings is 1. The van der Waals surface area contributed by atoms with E-state index in [4.69, 9.17) is 4.42 Å². The molecule has 0 N–H and O–H groups in total. The van der Waals surface area contributed by atoms with E-state index in [0.717, 1.165) is 38.7 Å². The third kappa shape index (κ3) is 2.48. The summed E-state index contributed by atoms with van der Waals surface area (Å²) in [7, 11) is 2.05. The number of rotatable bonds is 2. The van der Waals surface area contributed by atoms with Crippen molar-refractivity contribution in [3.63, 3.8) is 0 Å². The van der Waals surface area contributed by atoms with Crippen molar-refractivity contribution in [2.45, 2.75) is 33.6 Å². The largest absolute Gasteiger partial charge is 0.437 e. The fraction of sp³-hybridized carbons (Fsp3) is 0.273. The molecule has 0 bridgehead atoms. The van der Waals surface area contributed by atoms with E-state index in [1.54, 1.807) is 6.07 Å². The molecule has 0 radical (unpaired) electrons. The number of pyridine rings is 2. The molecular formula is C22H22FN2O+. The Morgan fingerprint density at radius 1 is 1.08 bits per heavy atom. The third-order valence-electron chi connectivity index (χ3n) is 5.05. The molecule has 0 unspecified atom stereocenters. The molecule has 0 aliphatic rings.